The molecule has 0 aliphatic rings. The van der Waals surface area contributed by atoms with Gasteiger partial charge in [0, 0.05) is 12.3 Å². The van der Waals surface area contributed by atoms with Crippen molar-refractivity contribution in [2.45, 2.75) is 45.6 Å². The number of benzene rings is 1. The normalized spacial score (nSPS) is 12.5. The van der Waals surface area contributed by atoms with Crippen molar-refractivity contribution in [1.82, 2.24) is 10.3 Å². The van der Waals surface area contributed by atoms with Gasteiger partial charge in [-0.1, -0.05) is 30.3 Å². The second kappa shape index (κ2) is 9.98. The molecule has 0 aliphatic heterocycles. The van der Waals surface area contributed by atoms with Crippen molar-refractivity contribution in [2.24, 2.45) is 0 Å². The molecule has 1 N–H and O–H groups in total. The van der Waals surface area contributed by atoms with Crippen LogP contribution in [0.3, 0.4) is 0 Å². The lowest BCUT2D eigenvalue weighted by atomic mass is 10.1. The number of alkyl halides is 2. The largest absolute Gasteiger partial charge is 0.444 e. The fourth-order valence-electron chi connectivity index (χ4n) is 2.34. The Kier molecular flexibility index (Phi) is 7.69. The number of rotatable bonds is 8. The van der Waals surface area contributed by atoms with E-state index in [1.165, 1.54) is 12.3 Å². The van der Waals surface area contributed by atoms with Crippen LogP contribution in [0.15, 0.2) is 48.7 Å². The molecule has 0 bridgehead atoms. The molecule has 0 saturated carbocycles. The molecule has 2 aromatic rings. The van der Waals surface area contributed by atoms with Gasteiger partial charge in [-0.15, -0.1) is 0 Å². The average molecular weight is 394 g/mol. The molecule has 0 aliphatic carbocycles. The maximum atomic E-state index is 12.5. The van der Waals surface area contributed by atoms with Crippen LogP contribution in [0.1, 0.15) is 37.9 Å². The molecule has 152 valence electrons. The number of hydrogen-bond donors (Lipinski definition) is 1. The highest BCUT2D eigenvalue weighted by Crippen LogP contribution is 2.20. The molecule has 2 rings (SSSR count). The van der Waals surface area contributed by atoms with E-state index in [1.807, 2.05) is 30.3 Å². The first-order chi connectivity index (χ1) is 13.2. The number of pyridine rings is 1. The van der Waals surface area contributed by atoms with Crippen LogP contribution in [0, 0.1) is 0 Å². The highest BCUT2D eigenvalue weighted by molar-refractivity contribution is 5.68. The molecule has 1 heterocycles. The quantitative estimate of drug-likeness (QED) is 0.716. The molecular weight excluding hydrogens is 370 g/mol. The molecule has 0 fully saturated rings. The zero-order valence-electron chi connectivity index (χ0n) is 16.0. The van der Waals surface area contributed by atoms with Crippen LogP contribution in [0.2, 0.25) is 0 Å². The van der Waals surface area contributed by atoms with Crippen LogP contribution in [0.5, 0.6) is 5.88 Å². The van der Waals surface area contributed by atoms with E-state index in [-0.39, 0.29) is 12.5 Å². The minimum atomic E-state index is -2.99. The van der Waals surface area contributed by atoms with Crippen molar-refractivity contribution in [3.05, 3.63) is 59.8 Å². The SMILES string of the molecule is CC(C)(C)OC(=O)NC(COCc1ccccc1)c1ccnc(OC(F)F)c1. The minimum Gasteiger partial charge on any atom is -0.444 e. The van der Waals surface area contributed by atoms with E-state index < -0.39 is 24.3 Å². The van der Waals surface area contributed by atoms with Crippen LogP contribution in [0.4, 0.5) is 13.6 Å². The molecule has 1 amide bonds. The second-order valence-electron chi connectivity index (χ2n) is 7.01. The first-order valence-electron chi connectivity index (χ1n) is 8.75. The molecule has 0 spiro atoms. The molecule has 1 unspecified atom stereocenters. The summed E-state index contributed by atoms with van der Waals surface area (Å²) in [6.07, 6.45) is 0.683. The van der Waals surface area contributed by atoms with Gasteiger partial charge in [0.25, 0.3) is 0 Å². The Balaban J connectivity index is 2.09. The zero-order chi connectivity index (χ0) is 20.6. The highest BCUT2D eigenvalue weighted by Gasteiger charge is 2.21. The molecule has 1 aromatic heterocycles. The molecule has 0 saturated heterocycles. The molecular formula is C20H24F2N2O4. The summed E-state index contributed by atoms with van der Waals surface area (Å²) < 4.78 is 40.2. The molecule has 6 nitrogen and oxygen atoms in total. The van der Waals surface area contributed by atoms with Gasteiger partial charge in [-0.2, -0.15) is 8.78 Å². The van der Waals surface area contributed by atoms with E-state index in [4.69, 9.17) is 9.47 Å². The van der Waals surface area contributed by atoms with Crippen LogP contribution in [-0.4, -0.2) is 29.9 Å². The number of aromatic nitrogens is 1. The van der Waals surface area contributed by atoms with Crippen molar-refractivity contribution >= 4 is 6.09 Å². The van der Waals surface area contributed by atoms with Crippen molar-refractivity contribution in [2.75, 3.05) is 6.61 Å². The smallest absolute Gasteiger partial charge is 0.408 e. The topological polar surface area (TPSA) is 69.7 Å². The van der Waals surface area contributed by atoms with Gasteiger partial charge in [0.15, 0.2) is 0 Å². The van der Waals surface area contributed by atoms with Crippen LogP contribution in [-0.2, 0) is 16.1 Å². The number of ether oxygens (including phenoxy) is 3. The number of nitrogens with zero attached hydrogens (tertiary/aromatic N) is 1. The fraction of sp³-hybridized carbons (Fsp3) is 0.400. The van der Waals surface area contributed by atoms with E-state index >= 15 is 0 Å². The van der Waals surface area contributed by atoms with Gasteiger partial charge >= 0.3 is 12.7 Å². The first-order valence-corrected chi connectivity index (χ1v) is 8.75. The van der Waals surface area contributed by atoms with E-state index in [0.717, 1.165) is 5.56 Å². The third kappa shape index (κ3) is 7.87. The number of nitrogens with one attached hydrogen (secondary N) is 1. The van der Waals surface area contributed by atoms with Gasteiger partial charge in [0.2, 0.25) is 5.88 Å². The Morgan fingerprint density at radius 3 is 2.54 bits per heavy atom. The summed E-state index contributed by atoms with van der Waals surface area (Å²) in [6, 6.07) is 11.8. The standard InChI is InChI=1S/C20H24F2N2O4/c1-20(2,3)28-19(25)24-16(13-26-12-14-7-5-4-6-8-14)15-9-10-23-17(11-15)27-18(21)22/h4-11,16,18H,12-13H2,1-3H3,(H,24,25). The van der Waals surface area contributed by atoms with Crippen molar-refractivity contribution in [3.8, 4) is 5.88 Å². The average Bonchev–Trinajstić information content (AvgIpc) is 2.60. The third-order valence-corrected chi connectivity index (χ3v) is 3.46. The number of carbonyl (C=O) groups is 1. The fourth-order valence-corrected chi connectivity index (χ4v) is 2.34. The maximum Gasteiger partial charge on any atom is 0.408 e. The first kappa shape index (κ1) is 21.6. The summed E-state index contributed by atoms with van der Waals surface area (Å²) in [5.74, 6) is -0.244. The maximum absolute atomic E-state index is 12.5. The summed E-state index contributed by atoms with van der Waals surface area (Å²) in [5.41, 5.74) is 0.793. The zero-order valence-corrected chi connectivity index (χ0v) is 16.0. The monoisotopic (exact) mass is 394 g/mol. The predicted molar refractivity (Wildman–Crippen MR) is 99.1 cm³/mol. The lowest BCUT2D eigenvalue weighted by molar-refractivity contribution is -0.0529. The summed E-state index contributed by atoms with van der Waals surface area (Å²) >= 11 is 0. The number of amides is 1. The summed E-state index contributed by atoms with van der Waals surface area (Å²) in [4.78, 5) is 15.9. The highest BCUT2D eigenvalue weighted by atomic mass is 19.3. The van der Waals surface area contributed by atoms with Gasteiger partial charge in [-0.25, -0.2) is 9.78 Å². The summed E-state index contributed by atoms with van der Waals surface area (Å²) in [5, 5.41) is 2.70. The number of halogens is 2. The van der Waals surface area contributed by atoms with Crippen LogP contribution < -0.4 is 10.1 Å². The van der Waals surface area contributed by atoms with Crippen molar-refractivity contribution in [1.29, 1.82) is 0 Å². The van der Waals surface area contributed by atoms with E-state index in [1.54, 1.807) is 26.8 Å². The Bertz CT molecular complexity index is 751. The van der Waals surface area contributed by atoms with E-state index in [9.17, 15) is 13.6 Å². The summed E-state index contributed by atoms with van der Waals surface area (Å²) in [6.45, 7) is 2.68. The van der Waals surface area contributed by atoms with Gasteiger partial charge in [-0.3, -0.25) is 0 Å². The van der Waals surface area contributed by atoms with Gasteiger partial charge in [0.05, 0.1) is 19.3 Å². The Morgan fingerprint density at radius 1 is 1.18 bits per heavy atom. The van der Waals surface area contributed by atoms with Crippen molar-refractivity contribution in [3.63, 3.8) is 0 Å². The van der Waals surface area contributed by atoms with Gasteiger partial charge in [-0.05, 0) is 38.0 Å². The Hall–Kier alpha value is -2.74. The number of hydrogen-bond acceptors (Lipinski definition) is 5. The van der Waals surface area contributed by atoms with E-state index in [0.29, 0.717) is 12.2 Å². The molecule has 28 heavy (non-hydrogen) atoms. The second-order valence-corrected chi connectivity index (χ2v) is 7.01. The molecule has 1 aromatic carbocycles. The predicted octanol–water partition coefficient (Wildman–Crippen LogP) is 4.47. The molecule has 8 heteroatoms. The Labute approximate surface area is 162 Å². The van der Waals surface area contributed by atoms with Crippen LogP contribution in [0.25, 0.3) is 0 Å². The minimum absolute atomic E-state index is 0.103. The number of carbonyl (C=O) groups excluding carboxylic acids is 1. The lowest BCUT2D eigenvalue weighted by Crippen LogP contribution is -2.36. The third-order valence-electron chi connectivity index (χ3n) is 3.46. The summed E-state index contributed by atoms with van der Waals surface area (Å²) in [7, 11) is 0. The Morgan fingerprint density at radius 2 is 1.89 bits per heavy atom. The number of alkyl carbamates (subject to hydrolysis) is 1. The molecule has 1 atom stereocenters. The van der Waals surface area contributed by atoms with Gasteiger partial charge in [0.1, 0.15) is 5.60 Å². The van der Waals surface area contributed by atoms with Crippen LogP contribution >= 0.6 is 0 Å². The lowest BCUT2D eigenvalue weighted by Gasteiger charge is -2.24. The van der Waals surface area contributed by atoms with Gasteiger partial charge < -0.3 is 19.5 Å². The van der Waals surface area contributed by atoms with E-state index in [2.05, 4.69) is 15.0 Å². The molecule has 0 radical (unpaired) electrons. The van der Waals surface area contributed by atoms with Crippen molar-refractivity contribution < 1.29 is 27.8 Å².